The normalized spacial score (nSPS) is 11.5. The van der Waals surface area contributed by atoms with Gasteiger partial charge in [0, 0.05) is 41.9 Å². The molecule has 4 aromatic rings. The van der Waals surface area contributed by atoms with Gasteiger partial charge in [0.05, 0.1) is 0 Å². The summed E-state index contributed by atoms with van der Waals surface area (Å²) in [6.07, 6.45) is 1.69. The molecule has 4 rings (SSSR count). The summed E-state index contributed by atoms with van der Waals surface area (Å²) in [6.45, 7) is 22.5. The van der Waals surface area contributed by atoms with E-state index in [4.69, 9.17) is 0 Å². The van der Waals surface area contributed by atoms with Crippen LogP contribution in [0.4, 0.5) is 0 Å². The first-order valence-corrected chi connectivity index (χ1v) is 18.7. The van der Waals surface area contributed by atoms with Crippen LogP contribution < -0.4 is 0 Å². The minimum atomic E-state index is 0.132. The van der Waals surface area contributed by atoms with Crippen LogP contribution in [0.3, 0.4) is 0 Å². The lowest BCUT2D eigenvalue weighted by Crippen LogP contribution is -2.12. The van der Waals surface area contributed by atoms with Gasteiger partial charge in [-0.2, -0.15) is 0 Å². The maximum Gasteiger partial charge on any atom is 0.0278 e. The zero-order valence-electron chi connectivity index (χ0n) is 28.5. The van der Waals surface area contributed by atoms with Crippen LogP contribution in [0, 0.1) is 51.4 Å². The van der Waals surface area contributed by atoms with E-state index in [2.05, 4.69) is 205 Å². The van der Waals surface area contributed by atoms with Gasteiger partial charge in [-0.3, -0.25) is 0 Å². The lowest BCUT2D eigenvalue weighted by molar-refractivity contribution is 0.588. The van der Waals surface area contributed by atoms with Crippen LogP contribution in [-0.4, -0.2) is 0 Å². The highest BCUT2D eigenvalue weighted by Gasteiger charge is 2.19. The van der Waals surface area contributed by atoms with E-state index >= 15 is 0 Å². The van der Waals surface area contributed by atoms with Gasteiger partial charge in [-0.1, -0.05) is 141 Å². The fourth-order valence-electron chi connectivity index (χ4n) is 5.66. The average molecular weight is 866 g/mol. The third-order valence-corrected chi connectivity index (χ3v) is 11.4. The first-order valence-electron chi connectivity index (χ1n) is 15.5. The van der Waals surface area contributed by atoms with E-state index in [0.29, 0.717) is 0 Å². The molecule has 0 aliphatic heterocycles. The number of halogens is 4. The molecule has 46 heavy (non-hydrogen) atoms. The van der Waals surface area contributed by atoms with Crippen LogP contribution in [0.25, 0.3) is 0 Å². The molecule has 0 fully saturated rings. The molecule has 4 aromatic carbocycles. The number of rotatable bonds is 4. The van der Waals surface area contributed by atoms with Gasteiger partial charge in [-0.15, -0.1) is 0 Å². The molecular formula is C42H42Br4. The Balaban J connectivity index is 1.52. The van der Waals surface area contributed by atoms with Crippen molar-refractivity contribution in [3.8, 4) is 23.7 Å². The van der Waals surface area contributed by atoms with E-state index < -0.39 is 0 Å². The van der Waals surface area contributed by atoms with Crippen LogP contribution >= 0.6 is 63.7 Å². The molecule has 0 spiro atoms. The first-order chi connectivity index (χ1) is 21.3. The third-order valence-electron chi connectivity index (χ3n) is 8.59. The van der Waals surface area contributed by atoms with E-state index in [1.165, 1.54) is 55.6 Å². The summed E-state index contributed by atoms with van der Waals surface area (Å²) in [7, 11) is 0. The summed E-state index contributed by atoms with van der Waals surface area (Å²) < 4.78 is 4.17. The highest BCUT2D eigenvalue weighted by atomic mass is 79.9. The molecule has 0 aliphatic rings. The number of hydrogen-bond donors (Lipinski definition) is 0. The number of hydrogen-bond acceptors (Lipinski definition) is 0. The SMILES string of the molecule is Cc1cc(C(C)(C)C)cc(C)c1Cc1c(Br)cc(C#CC#Cc2cc(Br)c(Cc3c(C)cc(C(C)(C)C)cc3C)c(Br)c2)cc1Br. The Bertz CT molecular complexity index is 1710. The summed E-state index contributed by atoms with van der Waals surface area (Å²) in [5, 5.41) is 0. The average Bonchev–Trinajstić information content (AvgIpc) is 2.92. The molecule has 0 amide bonds. The van der Waals surface area contributed by atoms with Crippen LogP contribution in [0.5, 0.6) is 0 Å². The number of aryl methyl sites for hydroxylation is 4. The molecule has 4 heteroatoms. The van der Waals surface area contributed by atoms with E-state index in [1.54, 1.807) is 0 Å². The molecule has 0 saturated carbocycles. The van der Waals surface area contributed by atoms with Gasteiger partial charge in [0.25, 0.3) is 0 Å². The second-order valence-electron chi connectivity index (χ2n) is 14.4. The van der Waals surface area contributed by atoms with Gasteiger partial charge in [0.1, 0.15) is 0 Å². The fourth-order valence-corrected chi connectivity index (χ4v) is 8.59. The Morgan fingerprint density at radius 2 is 0.696 bits per heavy atom. The molecule has 0 bridgehead atoms. The van der Waals surface area contributed by atoms with Crippen LogP contribution in [0.15, 0.2) is 66.4 Å². The van der Waals surface area contributed by atoms with Crippen molar-refractivity contribution in [2.24, 2.45) is 0 Å². The Hall–Kier alpha value is -2.08. The van der Waals surface area contributed by atoms with Gasteiger partial charge < -0.3 is 0 Å². The van der Waals surface area contributed by atoms with Crippen molar-refractivity contribution in [3.05, 3.63) is 133 Å². The molecule has 0 saturated heterocycles. The Labute approximate surface area is 311 Å². The second-order valence-corrected chi connectivity index (χ2v) is 17.8. The zero-order chi connectivity index (χ0) is 34.1. The summed E-state index contributed by atoms with van der Waals surface area (Å²) in [4.78, 5) is 0. The molecule has 0 radical (unpaired) electrons. The molecule has 0 atom stereocenters. The van der Waals surface area contributed by atoms with Crippen LogP contribution in [0.2, 0.25) is 0 Å². The first kappa shape index (κ1) is 36.8. The van der Waals surface area contributed by atoms with Crippen molar-refractivity contribution in [2.75, 3.05) is 0 Å². The topological polar surface area (TPSA) is 0 Å². The van der Waals surface area contributed by atoms with Crippen molar-refractivity contribution in [2.45, 2.75) is 92.9 Å². The molecule has 0 aromatic heterocycles. The molecule has 0 N–H and O–H groups in total. The molecule has 0 heterocycles. The Morgan fingerprint density at radius 1 is 0.435 bits per heavy atom. The van der Waals surface area contributed by atoms with Crippen molar-refractivity contribution < 1.29 is 0 Å². The summed E-state index contributed by atoms with van der Waals surface area (Å²) >= 11 is 15.3. The van der Waals surface area contributed by atoms with Gasteiger partial charge in [-0.25, -0.2) is 0 Å². The lowest BCUT2D eigenvalue weighted by Gasteiger charge is -2.23. The number of benzene rings is 4. The standard InChI is InChI=1S/C42H42Br4/c1-25-15-31(41(5,6)7)16-26(2)33(25)23-35-37(43)19-29(20-38(35)44)13-11-12-14-30-21-39(45)36(40(46)22-30)24-34-27(3)17-32(18-28(34)4)42(8,9)10/h15-22H,23-24H2,1-10H3. The molecule has 238 valence electrons. The lowest BCUT2D eigenvalue weighted by atomic mass is 9.83. The predicted octanol–water partition coefficient (Wildman–Crippen LogP) is 13.2. The smallest absolute Gasteiger partial charge is 0.0278 e. The minimum absolute atomic E-state index is 0.132. The largest absolute Gasteiger partial charge is 0.0561 e. The Kier molecular flexibility index (Phi) is 11.6. The Morgan fingerprint density at radius 3 is 0.935 bits per heavy atom. The highest BCUT2D eigenvalue weighted by Crippen LogP contribution is 2.35. The minimum Gasteiger partial charge on any atom is -0.0561 e. The van der Waals surface area contributed by atoms with Crippen molar-refractivity contribution in [1.82, 2.24) is 0 Å². The summed E-state index contributed by atoms with van der Waals surface area (Å²) in [6, 6.07) is 17.7. The maximum absolute atomic E-state index is 3.82. The summed E-state index contributed by atoms with van der Waals surface area (Å²) in [5.74, 6) is 12.6. The van der Waals surface area contributed by atoms with Gasteiger partial charge in [0.2, 0.25) is 0 Å². The summed E-state index contributed by atoms with van der Waals surface area (Å²) in [5.41, 5.74) is 15.3. The monoisotopic (exact) mass is 862 g/mol. The van der Waals surface area contributed by atoms with Crippen molar-refractivity contribution in [1.29, 1.82) is 0 Å². The molecule has 0 unspecified atom stereocenters. The molecule has 0 nitrogen and oxygen atoms in total. The van der Waals surface area contributed by atoms with Gasteiger partial charge in [-0.05, 0) is 130 Å². The molecule has 0 aliphatic carbocycles. The van der Waals surface area contributed by atoms with E-state index in [9.17, 15) is 0 Å². The van der Waals surface area contributed by atoms with Gasteiger partial charge >= 0.3 is 0 Å². The molecular weight excluding hydrogens is 824 g/mol. The van der Waals surface area contributed by atoms with E-state index in [0.717, 1.165) is 41.9 Å². The fraction of sp³-hybridized carbons (Fsp3) is 0.333. The predicted molar refractivity (Wildman–Crippen MR) is 212 cm³/mol. The highest BCUT2D eigenvalue weighted by molar-refractivity contribution is 9.11. The van der Waals surface area contributed by atoms with Gasteiger partial charge in [0.15, 0.2) is 0 Å². The zero-order valence-corrected chi connectivity index (χ0v) is 34.9. The van der Waals surface area contributed by atoms with E-state index in [1.807, 2.05) is 0 Å². The second kappa shape index (κ2) is 14.6. The van der Waals surface area contributed by atoms with Crippen LogP contribution in [0.1, 0.15) is 108 Å². The third kappa shape index (κ3) is 8.88. The van der Waals surface area contributed by atoms with Crippen molar-refractivity contribution in [3.63, 3.8) is 0 Å². The van der Waals surface area contributed by atoms with Crippen molar-refractivity contribution >= 4 is 63.7 Å². The van der Waals surface area contributed by atoms with E-state index in [-0.39, 0.29) is 10.8 Å². The maximum atomic E-state index is 3.82. The van der Waals surface area contributed by atoms with Crippen LogP contribution in [-0.2, 0) is 23.7 Å². The quantitative estimate of drug-likeness (QED) is 0.179.